The van der Waals surface area contributed by atoms with Crippen LogP contribution in [-0.2, 0) is 5.54 Å². The molecule has 6 nitrogen and oxygen atoms in total. The number of amides is 1. The molecule has 2 aromatic carbocycles. The van der Waals surface area contributed by atoms with Gasteiger partial charge >= 0.3 is 0 Å². The van der Waals surface area contributed by atoms with Gasteiger partial charge in [0.05, 0.1) is 11.2 Å². The number of nitrogens with one attached hydrogen (secondary N) is 2. The van der Waals surface area contributed by atoms with Gasteiger partial charge in [0.1, 0.15) is 11.4 Å². The first-order chi connectivity index (χ1) is 15.6. The number of hydrogen-bond donors (Lipinski definition) is 3. The summed E-state index contributed by atoms with van der Waals surface area (Å²) in [4.78, 5) is 16.0. The number of H-pyrrole nitrogens is 1. The lowest BCUT2D eigenvalue weighted by molar-refractivity contribution is 0.102. The normalized spacial score (nSPS) is 11.7. The Morgan fingerprint density at radius 3 is 2.18 bits per heavy atom. The number of rotatable bonds is 5. The van der Waals surface area contributed by atoms with Crippen LogP contribution in [0.2, 0.25) is 0 Å². The van der Waals surface area contributed by atoms with Gasteiger partial charge in [-0.2, -0.15) is 5.10 Å². The molecule has 0 atom stereocenters. The lowest BCUT2D eigenvalue weighted by Crippen LogP contribution is -2.25. The van der Waals surface area contributed by atoms with E-state index in [1.165, 1.54) is 17.8 Å². The number of carbonyl (C=O) groups is 1. The minimum Gasteiger partial charge on any atom is -0.508 e. The largest absolute Gasteiger partial charge is 0.508 e. The summed E-state index contributed by atoms with van der Waals surface area (Å²) < 4.78 is 2.11. The standard InChI is InChI=1S/C27H30N4O2/c1-17(2)25-16-24(30-31(25)27(3,4)5)23-15-14-22(29-23)18-6-8-19(9-7-18)26(33)28-20-10-12-21(32)13-11-20/h6-17,29,32H,1-5H3,(H,28,33). The average Bonchev–Trinajstić information content (AvgIpc) is 3.43. The number of phenols is 1. The van der Waals surface area contributed by atoms with Crippen molar-refractivity contribution in [1.82, 2.24) is 14.8 Å². The number of aromatic amines is 1. The average molecular weight is 443 g/mol. The summed E-state index contributed by atoms with van der Waals surface area (Å²) in [6.45, 7) is 10.9. The summed E-state index contributed by atoms with van der Waals surface area (Å²) >= 11 is 0. The molecule has 0 saturated carbocycles. The Bertz CT molecular complexity index is 1260. The minimum atomic E-state index is -0.201. The lowest BCUT2D eigenvalue weighted by atomic mass is 10.1. The van der Waals surface area contributed by atoms with E-state index in [0.29, 0.717) is 17.2 Å². The highest BCUT2D eigenvalue weighted by Crippen LogP contribution is 2.29. The van der Waals surface area contributed by atoms with Crippen molar-refractivity contribution in [3.8, 4) is 28.4 Å². The second-order valence-electron chi connectivity index (χ2n) is 9.56. The Morgan fingerprint density at radius 2 is 1.61 bits per heavy atom. The van der Waals surface area contributed by atoms with E-state index in [0.717, 1.165) is 22.6 Å². The van der Waals surface area contributed by atoms with Crippen LogP contribution in [0.1, 0.15) is 56.6 Å². The first-order valence-electron chi connectivity index (χ1n) is 11.1. The van der Waals surface area contributed by atoms with Gasteiger partial charge in [-0.25, -0.2) is 0 Å². The van der Waals surface area contributed by atoms with E-state index >= 15 is 0 Å². The van der Waals surface area contributed by atoms with Crippen LogP contribution < -0.4 is 5.32 Å². The fraction of sp³-hybridized carbons (Fsp3) is 0.259. The van der Waals surface area contributed by atoms with E-state index in [1.807, 2.05) is 24.3 Å². The Morgan fingerprint density at radius 1 is 0.970 bits per heavy atom. The van der Waals surface area contributed by atoms with E-state index in [2.05, 4.69) is 55.7 Å². The van der Waals surface area contributed by atoms with Crippen molar-refractivity contribution in [3.63, 3.8) is 0 Å². The van der Waals surface area contributed by atoms with Crippen molar-refractivity contribution in [2.75, 3.05) is 5.32 Å². The predicted octanol–water partition coefficient (Wildman–Crippen LogP) is 6.38. The van der Waals surface area contributed by atoms with E-state index in [9.17, 15) is 9.90 Å². The Hall–Kier alpha value is -3.80. The monoisotopic (exact) mass is 442 g/mol. The third-order valence-electron chi connectivity index (χ3n) is 5.51. The van der Waals surface area contributed by atoms with Crippen LogP contribution in [0.5, 0.6) is 5.75 Å². The fourth-order valence-electron chi connectivity index (χ4n) is 3.74. The first-order valence-corrected chi connectivity index (χ1v) is 11.1. The summed E-state index contributed by atoms with van der Waals surface area (Å²) in [6.07, 6.45) is 0. The zero-order chi connectivity index (χ0) is 23.8. The third kappa shape index (κ3) is 4.85. The molecular formula is C27H30N4O2. The van der Waals surface area contributed by atoms with Crippen molar-refractivity contribution in [2.45, 2.75) is 46.1 Å². The highest BCUT2D eigenvalue weighted by Gasteiger charge is 2.22. The van der Waals surface area contributed by atoms with Crippen LogP contribution in [0, 0.1) is 0 Å². The van der Waals surface area contributed by atoms with Crippen LogP contribution in [0.15, 0.2) is 66.7 Å². The number of anilines is 1. The number of carbonyl (C=O) groups excluding carboxylic acids is 1. The van der Waals surface area contributed by atoms with Gasteiger partial charge in [0.15, 0.2) is 0 Å². The number of nitrogens with zero attached hydrogens (tertiary/aromatic N) is 2. The molecule has 2 heterocycles. The second-order valence-corrected chi connectivity index (χ2v) is 9.56. The first kappa shape index (κ1) is 22.4. The zero-order valence-corrected chi connectivity index (χ0v) is 19.7. The lowest BCUT2D eigenvalue weighted by Gasteiger charge is -2.23. The summed E-state index contributed by atoms with van der Waals surface area (Å²) in [7, 11) is 0. The number of aromatic hydroxyl groups is 1. The maximum atomic E-state index is 12.5. The summed E-state index contributed by atoms with van der Waals surface area (Å²) in [5, 5.41) is 17.1. The number of phenolic OH excluding ortho intramolecular Hbond substituents is 1. The molecule has 6 heteroatoms. The van der Waals surface area contributed by atoms with Crippen molar-refractivity contribution < 1.29 is 9.90 Å². The number of benzene rings is 2. The van der Waals surface area contributed by atoms with Gasteiger partial charge in [-0.05, 0) is 86.8 Å². The Balaban J connectivity index is 1.53. The van der Waals surface area contributed by atoms with E-state index in [-0.39, 0.29) is 17.2 Å². The third-order valence-corrected chi connectivity index (χ3v) is 5.51. The molecular weight excluding hydrogens is 412 g/mol. The molecule has 0 fully saturated rings. The smallest absolute Gasteiger partial charge is 0.255 e. The highest BCUT2D eigenvalue weighted by atomic mass is 16.3. The van der Waals surface area contributed by atoms with E-state index in [4.69, 9.17) is 5.10 Å². The number of aromatic nitrogens is 3. The minimum absolute atomic E-state index is 0.0934. The van der Waals surface area contributed by atoms with Crippen LogP contribution in [-0.4, -0.2) is 25.8 Å². The molecule has 0 unspecified atom stereocenters. The second kappa shape index (κ2) is 8.62. The fourth-order valence-corrected chi connectivity index (χ4v) is 3.74. The van der Waals surface area contributed by atoms with Gasteiger partial charge < -0.3 is 15.4 Å². The maximum absolute atomic E-state index is 12.5. The van der Waals surface area contributed by atoms with Crippen molar-refractivity contribution in [1.29, 1.82) is 0 Å². The Labute approximate surface area is 194 Å². The molecule has 170 valence electrons. The predicted molar refractivity (Wildman–Crippen MR) is 133 cm³/mol. The topological polar surface area (TPSA) is 82.9 Å². The van der Waals surface area contributed by atoms with Crippen LogP contribution in [0.25, 0.3) is 22.6 Å². The molecule has 4 aromatic rings. The SMILES string of the molecule is CC(C)c1cc(-c2ccc(-c3ccc(C(=O)Nc4ccc(O)cc4)cc3)[nH]2)nn1C(C)(C)C. The van der Waals surface area contributed by atoms with Gasteiger partial charge in [0, 0.05) is 22.6 Å². The molecule has 33 heavy (non-hydrogen) atoms. The molecule has 0 aliphatic carbocycles. The van der Waals surface area contributed by atoms with Crippen molar-refractivity contribution in [2.24, 2.45) is 0 Å². The molecule has 0 radical (unpaired) electrons. The molecule has 3 N–H and O–H groups in total. The van der Waals surface area contributed by atoms with E-state index < -0.39 is 0 Å². The maximum Gasteiger partial charge on any atom is 0.255 e. The van der Waals surface area contributed by atoms with Crippen molar-refractivity contribution >= 4 is 11.6 Å². The quantitative estimate of drug-likeness (QED) is 0.314. The van der Waals surface area contributed by atoms with Gasteiger partial charge in [-0.1, -0.05) is 26.0 Å². The Kier molecular flexibility index (Phi) is 5.85. The van der Waals surface area contributed by atoms with Crippen molar-refractivity contribution in [3.05, 3.63) is 78.0 Å². The van der Waals surface area contributed by atoms with Crippen LogP contribution >= 0.6 is 0 Å². The molecule has 4 rings (SSSR count). The van der Waals surface area contributed by atoms with Crippen LogP contribution in [0.4, 0.5) is 5.69 Å². The molecule has 0 aliphatic rings. The molecule has 0 saturated heterocycles. The zero-order valence-electron chi connectivity index (χ0n) is 19.7. The van der Waals surface area contributed by atoms with Gasteiger partial charge in [0.2, 0.25) is 0 Å². The summed E-state index contributed by atoms with van der Waals surface area (Å²) in [6, 6.07) is 20.1. The van der Waals surface area contributed by atoms with Gasteiger partial charge in [0.25, 0.3) is 5.91 Å². The van der Waals surface area contributed by atoms with Crippen LogP contribution in [0.3, 0.4) is 0 Å². The number of hydrogen-bond acceptors (Lipinski definition) is 3. The molecule has 0 spiro atoms. The van der Waals surface area contributed by atoms with E-state index in [1.54, 1.807) is 24.3 Å². The summed E-state index contributed by atoms with van der Waals surface area (Å²) in [5.41, 5.74) is 6.14. The molecule has 2 aromatic heterocycles. The molecule has 0 aliphatic heterocycles. The highest BCUT2D eigenvalue weighted by molar-refractivity contribution is 6.04. The van der Waals surface area contributed by atoms with Gasteiger partial charge in [-0.15, -0.1) is 0 Å². The van der Waals surface area contributed by atoms with Gasteiger partial charge in [-0.3, -0.25) is 9.48 Å². The molecule has 1 amide bonds. The summed E-state index contributed by atoms with van der Waals surface area (Å²) in [5.74, 6) is 0.335. The molecule has 0 bridgehead atoms.